The number of hydrogen-bond acceptors (Lipinski definition) is 5. The minimum absolute atomic E-state index is 0.00496. The first-order valence-electron chi connectivity index (χ1n) is 5.90. The van der Waals surface area contributed by atoms with E-state index in [1.54, 1.807) is 6.92 Å². The van der Waals surface area contributed by atoms with E-state index in [1.807, 2.05) is 0 Å². The highest BCUT2D eigenvalue weighted by atomic mass is 32.2. The van der Waals surface area contributed by atoms with Crippen molar-refractivity contribution < 1.29 is 16.8 Å². The summed E-state index contributed by atoms with van der Waals surface area (Å²) in [7, 11) is -6.02. The summed E-state index contributed by atoms with van der Waals surface area (Å²) in [5, 5.41) is 0. The van der Waals surface area contributed by atoms with Crippen LogP contribution in [0, 0.1) is 6.92 Å². The lowest BCUT2D eigenvalue weighted by Gasteiger charge is -2.13. The molecule has 7 nitrogen and oxygen atoms in total. The zero-order valence-corrected chi connectivity index (χ0v) is 13.2. The molecule has 0 saturated heterocycles. The molecule has 0 spiro atoms. The first-order chi connectivity index (χ1) is 9.14. The van der Waals surface area contributed by atoms with Gasteiger partial charge in [-0.15, -0.1) is 0 Å². The summed E-state index contributed by atoms with van der Waals surface area (Å²) in [5.41, 5.74) is 5.72. The molecule has 0 saturated carbocycles. The fourth-order valence-electron chi connectivity index (χ4n) is 1.58. The van der Waals surface area contributed by atoms with Crippen LogP contribution in [-0.2, 0) is 20.0 Å². The van der Waals surface area contributed by atoms with Gasteiger partial charge < -0.3 is 5.73 Å². The van der Waals surface area contributed by atoms with Crippen LogP contribution in [0.5, 0.6) is 0 Å². The van der Waals surface area contributed by atoms with Gasteiger partial charge in [-0.05, 0) is 44.7 Å². The van der Waals surface area contributed by atoms with Crippen molar-refractivity contribution in [2.75, 3.05) is 13.6 Å². The Morgan fingerprint density at radius 3 is 2.25 bits per heavy atom. The van der Waals surface area contributed by atoms with Gasteiger partial charge in [-0.25, -0.2) is 26.3 Å². The van der Waals surface area contributed by atoms with Gasteiger partial charge in [0.1, 0.15) is 0 Å². The van der Waals surface area contributed by atoms with E-state index in [2.05, 4.69) is 9.44 Å². The topological polar surface area (TPSA) is 118 Å². The number of nitrogens with one attached hydrogen (secondary N) is 2. The van der Waals surface area contributed by atoms with Gasteiger partial charge in [0.05, 0.1) is 9.79 Å². The summed E-state index contributed by atoms with van der Waals surface area (Å²) >= 11 is 0. The number of aryl methyl sites for hydroxylation is 1. The quantitative estimate of drug-likeness (QED) is 0.654. The zero-order chi connectivity index (χ0) is 15.6. The number of nitrogens with two attached hydrogens (primary N) is 1. The van der Waals surface area contributed by atoms with Crippen molar-refractivity contribution in [2.45, 2.75) is 29.7 Å². The second-order valence-corrected chi connectivity index (χ2v) is 7.96. The molecule has 20 heavy (non-hydrogen) atoms. The van der Waals surface area contributed by atoms with Gasteiger partial charge in [0.25, 0.3) is 0 Å². The van der Waals surface area contributed by atoms with Crippen LogP contribution in [0.25, 0.3) is 0 Å². The molecule has 0 unspecified atom stereocenters. The van der Waals surface area contributed by atoms with Crippen LogP contribution >= 0.6 is 0 Å². The van der Waals surface area contributed by atoms with E-state index in [0.717, 1.165) is 0 Å². The van der Waals surface area contributed by atoms with Crippen LogP contribution in [0.2, 0.25) is 0 Å². The Morgan fingerprint density at radius 1 is 1.20 bits per heavy atom. The van der Waals surface area contributed by atoms with Gasteiger partial charge in [-0.1, -0.05) is 0 Å². The normalized spacial score (nSPS) is 14.2. The maximum atomic E-state index is 12.1. The van der Waals surface area contributed by atoms with E-state index in [0.29, 0.717) is 5.56 Å². The van der Waals surface area contributed by atoms with E-state index in [1.165, 1.54) is 32.2 Å². The highest BCUT2D eigenvalue weighted by Crippen LogP contribution is 2.19. The van der Waals surface area contributed by atoms with Crippen LogP contribution in [0.4, 0.5) is 0 Å². The van der Waals surface area contributed by atoms with Gasteiger partial charge in [0.15, 0.2) is 0 Å². The summed E-state index contributed by atoms with van der Waals surface area (Å²) in [6, 6.07) is 3.43. The molecule has 9 heteroatoms. The van der Waals surface area contributed by atoms with Crippen molar-refractivity contribution in [1.82, 2.24) is 9.44 Å². The standard InChI is InChI=1S/C11H19N3O4S2/c1-8-6-10(19(15,16)14-9(2)7-12)4-5-11(8)20(17,18)13-3/h4-6,9,13-14H,7,12H2,1-3H3/t9-/m0/s1. The maximum Gasteiger partial charge on any atom is 0.240 e. The number of hydrogen-bond donors (Lipinski definition) is 3. The molecule has 0 aliphatic carbocycles. The Bertz CT molecular complexity index is 684. The third-order valence-electron chi connectivity index (χ3n) is 2.72. The van der Waals surface area contributed by atoms with Crippen molar-refractivity contribution in [2.24, 2.45) is 5.73 Å². The van der Waals surface area contributed by atoms with E-state index in [4.69, 9.17) is 5.73 Å². The molecular formula is C11H19N3O4S2. The maximum absolute atomic E-state index is 12.1. The van der Waals surface area contributed by atoms with Crippen LogP contribution in [0.15, 0.2) is 28.0 Å². The van der Waals surface area contributed by atoms with E-state index in [9.17, 15) is 16.8 Å². The molecule has 0 amide bonds. The molecule has 1 aromatic carbocycles. The van der Waals surface area contributed by atoms with Crippen LogP contribution in [0.3, 0.4) is 0 Å². The lowest BCUT2D eigenvalue weighted by atomic mass is 10.2. The minimum atomic E-state index is -3.71. The predicted molar refractivity (Wildman–Crippen MR) is 76.3 cm³/mol. The first kappa shape index (κ1) is 17.1. The molecule has 1 aromatic rings. The Hall–Kier alpha value is -1.00. The molecular weight excluding hydrogens is 302 g/mol. The first-order valence-corrected chi connectivity index (χ1v) is 8.87. The molecule has 0 bridgehead atoms. The average molecular weight is 321 g/mol. The molecule has 0 aromatic heterocycles. The smallest absolute Gasteiger partial charge is 0.240 e. The SMILES string of the molecule is CNS(=O)(=O)c1ccc(S(=O)(=O)N[C@@H](C)CN)cc1C. The van der Waals surface area contributed by atoms with Gasteiger partial charge in [0, 0.05) is 12.6 Å². The zero-order valence-electron chi connectivity index (χ0n) is 11.5. The van der Waals surface area contributed by atoms with Gasteiger partial charge >= 0.3 is 0 Å². The summed E-state index contributed by atoms with van der Waals surface area (Å²) in [5.74, 6) is 0. The number of benzene rings is 1. The number of sulfonamides is 2. The molecule has 0 fully saturated rings. The summed E-state index contributed by atoms with van der Waals surface area (Å²) in [4.78, 5) is 0.0520. The second-order valence-electron chi connectivity index (χ2n) is 4.39. The van der Waals surface area contributed by atoms with Gasteiger partial charge in [0.2, 0.25) is 20.0 Å². The molecule has 1 rings (SSSR count). The fourth-order valence-corrected chi connectivity index (χ4v) is 3.87. The molecule has 0 heterocycles. The Morgan fingerprint density at radius 2 is 1.80 bits per heavy atom. The molecule has 0 radical (unpaired) electrons. The molecule has 0 aliphatic rings. The molecule has 4 N–H and O–H groups in total. The van der Waals surface area contributed by atoms with Crippen molar-refractivity contribution in [3.05, 3.63) is 23.8 Å². The van der Waals surface area contributed by atoms with Crippen molar-refractivity contribution in [3.63, 3.8) is 0 Å². The van der Waals surface area contributed by atoms with Gasteiger partial charge in [-0.2, -0.15) is 0 Å². The Kier molecular flexibility index (Phi) is 5.27. The molecule has 0 aliphatic heterocycles. The number of rotatable bonds is 6. The summed E-state index contributed by atoms with van der Waals surface area (Å²) in [6.45, 7) is 3.35. The average Bonchev–Trinajstić information content (AvgIpc) is 2.37. The Labute approximate surface area is 119 Å². The largest absolute Gasteiger partial charge is 0.329 e. The van der Waals surface area contributed by atoms with E-state index < -0.39 is 26.1 Å². The molecule has 114 valence electrons. The third-order valence-corrected chi connectivity index (χ3v) is 5.89. The van der Waals surface area contributed by atoms with E-state index in [-0.39, 0.29) is 16.3 Å². The lowest BCUT2D eigenvalue weighted by Crippen LogP contribution is -2.37. The van der Waals surface area contributed by atoms with Gasteiger partial charge in [-0.3, -0.25) is 0 Å². The fraction of sp³-hybridized carbons (Fsp3) is 0.455. The van der Waals surface area contributed by atoms with Crippen LogP contribution < -0.4 is 15.2 Å². The minimum Gasteiger partial charge on any atom is -0.329 e. The Balaban J connectivity index is 3.23. The highest BCUT2D eigenvalue weighted by molar-refractivity contribution is 7.90. The second kappa shape index (κ2) is 6.19. The van der Waals surface area contributed by atoms with Crippen LogP contribution in [0.1, 0.15) is 12.5 Å². The van der Waals surface area contributed by atoms with Crippen molar-refractivity contribution >= 4 is 20.0 Å². The highest BCUT2D eigenvalue weighted by Gasteiger charge is 2.20. The third kappa shape index (κ3) is 3.76. The monoisotopic (exact) mass is 321 g/mol. The van der Waals surface area contributed by atoms with Crippen molar-refractivity contribution in [1.29, 1.82) is 0 Å². The summed E-state index contributed by atoms with van der Waals surface area (Å²) in [6.07, 6.45) is 0. The lowest BCUT2D eigenvalue weighted by molar-refractivity contribution is 0.562. The van der Waals surface area contributed by atoms with Crippen LogP contribution in [-0.4, -0.2) is 36.5 Å². The van der Waals surface area contributed by atoms with E-state index >= 15 is 0 Å². The predicted octanol–water partition coefficient (Wildman–Crippen LogP) is -0.471. The van der Waals surface area contributed by atoms with Crippen molar-refractivity contribution in [3.8, 4) is 0 Å². The molecule has 1 atom stereocenters. The summed E-state index contributed by atoms with van der Waals surface area (Å²) < 4.78 is 52.1.